The van der Waals surface area contributed by atoms with E-state index in [9.17, 15) is 4.79 Å². The molecule has 0 saturated carbocycles. The number of carbonyl (C=O) groups excluding carboxylic acids is 1. The predicted octanol–water partition coefficient (Wildman–Crippen LogP) is 3.71. The van der Waals surface area contributed by atoms with Crippen LogP contribution >= 0.6 is 0 Å². The second kappa shape index (κ2) is 9.70. The third-order valence-corrected chi connectivity index (χ3v) is 3.86. The summed E-state index contributed by atoms with van der Waals surface area (Å²) in [5.74, 6) is 2.32. The second-order valence-electron chi connectivity index (χ2n) is 6.42. The summed E-state index contributed by atoms with van der Waals surface area (Å²) >= 11 is 0. The summed E-state index contributed by atoms with van der Waals surface area (Å²) in [7, 11) is 3.21. The Kier molecular flexibility index (Phi) is 7.33. The zero-order chi connectivity index (χ0) is 18.9. The SMILES string of the molecule is COc1ccc(CCNC(=O)c2ccc(OCC(C)C)c(OC)c2)cc1. The summed E-state index contributed by atoms with van der Waals surface area (Å²) in [6.45, 7) is 5.32. The molecule has 0 spiro atoms. The molecule has 0 aliphatic carbocycles. The fraction of sp³-hybridized carbons (Fsp3) is 0.381. The number of methoxy groups -OCH3 is 2. The van der Waals surface area contributed by atoms with Crippen molar-refractivity contribution in [3.63, 3.8) is 0 Å². The van der Waals surface area contributed by atoms with Gasteiger partial charge >= 0.3 is 0 Å². The normalized spacial score (nSPS) is 10.5. The van der Waals surface area contributed by atoms with E-state index in [1.807, 2.05) is 24.3 Å². The lowest BCUT2D eigenvalue weighted by atomic mass is 10.1. The highest BCUT2D eigenvalue weighted by Crippen LogP contribution is 2.28. The van der Waals surface area contributed by atoms with Crippen molar-refractivity contribution < 1.29 is 19.0 Å². The van der Waals surface area contributed by atoms with E-state index in [2.05, 4.69) is 19.2 Å². The van der Waals surface area contributed by atoms with Crippen molar-refractivity contribution in [3.05, 3.63) is 53.6 Å². The van der Waals surface area contributed by atoms with Crippen molar-refractivity contribution in [3.8, 4) is 17.2 Å². The van der Waals surface area contributed by atoms with E-state index in [1.54, 1.807) is 32.4 Å². The maximum Gasteiger partial charge on any atom is 0.251 e. The number of nitrogens with one attached hydrogen (secondary N) is 1. The van der Waals surface area contributed by atoms with E-state index < -0.39 is 0 Å². The Hall–Kier alpha value is -2.69. The molecule has 0 unspecified atom stereocenters. The number of rotatable bonds is 9. The molecule has 0 aliphatic heterocycles. The maximum absolute atomic E-state index is 12.4. The Balaban J connectivity index is 1.91. The zero-order valence-corrected chi connectivity index (χ0v) is 15.9. The molecule has 2 aromatic carbocycles. The molecule has 140 valence electrons. The van der Waals surface area contributed by atoms with Gasteiger partial charge in [0.25, 0.3) is 5.91 Å². The molecule has 2 aromatic rings. The molecular weight excluding hydrogens is 330 g/mol. The van der Waals surface area contributed by atoms with E-state index in [-0.39, 0.29) is 5.91 Å². The fourth-order valence-corrected chi connectivity index (χ4v) is 2.40. The third-order valence-electron chi connectivity index (χ3n) is 3.86. The molecule has 0 heterocycles. The lowest BCUT2D eigenvalue weighted by molar-refractivity contribution is 0.0953. The number of hydrogen-bond acceptors (Lipinski definition) is 4. The van der Waals surface area contributed by atoms with Crippen LogP contribution in [0.25, 0.3) is 0 Å². The lowest BCUT2D eigenvalue weighted by Gasteiger charge is -2.13. The van der Waals surface area contributed by atoms with Crippen LogP contribution in [0.5, 0.6) is 17.2 Å². The van der Waals surface area contributed by atoms with Gasteiger partial charge in [-0.05, 0) is 48.2 Å². The van der Waals surface area contributed by atoms with Crippen LogP contribution < -0.4 is 19.5 Å². The van der Waals surface area contributed by atoms with Gasteiger partial charge in [-0.15, -0.1) is 0 Å². The fourth-order valence-electron chi connectivity index (χ4n) is 2.40. The first-order valence-electron chi connectivity index (χ1n) is 8.75. The number of carbonyl (C=O) groups is 1. The molecule has 0 aromatic heterocycles. The van der Waals surface area contributed by atoms with Gasteiger partial charge < -0.3 is 19.5 Å². The minimum absolute atomic E-state index is 0.132. The lowest BCUT2D eigenvalue weighted by Crippen LogP contribution is -2.25. The summed E-state index contributed by atoms with van der Waals surface area (Å²) in [6, 6.07) is 13.1. The van der Waals surface area contributed by atoms with E-state index >= 15 is 0 Å². The van der Waals surface area contributed by atoms with Gasteiger partial charge in [0.2, 0.25) is 0 Å². The van der Waals surface area contributed by atoms with Gasteiger partial charge in [-0.25, -0.2) is 0 Å². The van der Waals surface area contributed by atoms with Gasteiger partial charge in [-0.1, -0.05) is 26.0 Å². The molecule has 0 bridgehead atoms. The van der Waals surface area contributed by atoms with Crippen LogP contribution in [0.3, 0.4) is 0 Å². The van der Waals surface area contributed by atoms with Crippen molar-refractivity contribution in [2.75, 3.05) is 27.4 Å². The molecule has 0 atom stereocenters. The van der Waals surface area contributed by atoms with Crippen LogP contribution in [0.15, 0.2) is 42.5 Å². The van der Waals surface area contributed by atoms with E-state index in [1.165, 1.54) is 0 Å². The van der Waals surface area contributed by atoms with Crippen LogP contribution in [0.2, 0.25) is 0 Å². The minimum atomic E-state index is -0.132. The Bertz CT molecular complexity index is 710. The highest BCUT2D eigenvalue weighted by Gasteiger charge is 2.11. The molecule has 1 amide bonds. The molecule has 0 fully saturated rings. The summed E-state index contributed by atoms with van der Waals surface area (Å²) < 4.78 is 16.2. The van der Waals surface area contributed by atoms with E-state index in [0.29, 0.717) is 36.1 Å². The zero-order valence-electron chi connectivity index (χ0n) is 15.9. The molecule has 2 rings (SSSR count). The molecular formula is C21H27NO4. The van der Waals surface area contributed by atoms with E-state index in [4.69, 9.17) is 14.2 Å². The van der Waals surface area contributed by atoms with Gasteiger partial charge in [0.15, 0.2) is 11.5 Å². The minimum Gasteiger partial charge on any atom is -0.497 e. The Morgan fingerprint density at radius 3 is 2.35 bits per heavy atom. The van der Waals surface area contributed by atoms with Crippen LogP contribution in [0, 0.1) is 5.92 Å². The van der Waals surface area contributed by atoms with Crippen molar-refractivity contribution in [1.82, 2.24) is 5.32 Å². The molecule has 1 N–H and O–H groups in total. The van der Waals surface area contributed by atoms with Crippen LogP contribution in [0.4, 0.5) is 0 Å². The highest BCUT2D eigenvalue weighted by atomic mass is 16.5. The van der Waals surface area contributed by atoms with Gasteiger partial charge in [-0.2, -0.15) is 0 Å². The predicted molar refractivity (Wildman–Crippen MR) is 102 cm³/mol. The van der Waals surface area contributed by atoms with Crippen LogP contribution in [0.1, 0.15) is 29.8 Å². The largest absolute Gasteiger partial charge is 0.497 e. The number of hydrogen-bond donors (Lipinski definition) is 1. The van der Waals surface area contributed by atoms with Gasteiger partial charge in [-0.3, -0.25) is 4.79 Å². The van der Waals surface area contributed by atoms with Crippen LogP contribution in [-0.4, -0.2) is 33.3 Å². The Labute approximate surface area is 155 Å². The Morgan fingerprint density at radius 2 is 1.73 bits per heavy atom. The van der Waals surface area contributed by atoms with Gasteiger partial charge in [0, 0.05) is 12.1 Å². The molecule has 5 nitrogen and oxygen atoms in total. The van der Waals surface area contributed by atoms with Gasteiger partial charge in [0.1, 0.15) is 5.75 Å². The average molecular weight is 357 g/mol. The standard InChI is InChI=1S/C21H27NO4/c1-15(2)14-26-19-10-7-17(13-20(19)25-4)21(23)22-12-11-16-5-8-18(24-3)9-6-16/h5-10,13,15H,11-12,14H2,1-4H3,(H,22,23). The van der Waals surface area contributed by atoms with Crippen LogP contribution in [-0.2, 0) is 6.42 Å². The first-order valence-corrected chi connectivity index (χ1v) is 8.75. The van der Waals surface area contributed by atoms with Crippen molar-refractivity contribution in [1.29, 1.82) is 0 Å². The van der Waals surface area contributed by atoms with Gasteiger partial charge in [0.05, 0.1) is 20.8 Å². The smallest absolute Gasteiger partial charge is 0.251 e. The summed E-state index contributed by atoms with van der Waals surface area (Å²) in [5, 5.41) is 2.93. The molecule has 0 saturated heterocycles. The Morgan fingerprint density at radius 1 is 1.00 bits per heavy atom. The molecule has 0 radical (unpaired) electrons. The number of benzene rings is 2. The summed E-state index contributed by atoms with van der Waals surface area (Å²) in [6.07, 6.45) is 0.752. The number of amides is 1. The first-order chi connectivity index (χ1) is 12.5. The second-order valence-corrected chi connectivity index (χ2v) is 6.42. The summed E-state index contributed by atoms with van der Waals surface area (Å²) in [4.78, 5) is 12.4. The summed E-state index contributed by atoms with van der Waals surface area (Å²) in [5.41, 5.74) is 1.69. The monoisotopic (exact) mass is 357 g/mol. The molecule has 26 heavy (non-hydrogen) atoms. The van der Waals surface area contributed by atoms with E-state index in [0.717, 1.165) is 17.7 Å². The third kappa shape index (κ3) is 5.69. The maximum atomic E-state index is 12.4. The quantitative estimate of drug-likeness (QED) is 0.743. The topological polar surface area (TPSA) is 56.8 Å². The number of ether oxygens (including phenoxy) is 3. The first kappa shape index (κ1) is 19.6. The van der Waals surface area contributed by atoms with Crippen molar-refractivity contribution >= 4 is 5.91 Å². The highest BCUT2D eigenvalue weighted by molar-refractivity contribution is 5.94. The molecule has 0 aliphatic rings. The van der Waals surface area contributed by atoms with Crippen molar-refractivity contribution in [2.24, 2.45) is 5.92 Å². The molecule has 5 heteroatoms. The average Bonchev–Trinajstić information content (AvgIpc) is 2.66. The van der Waals surface area contributed by atoms with Crippen molar-refractivity contribution in [2.45, 2.75) is 20.3 Å².